The average molecular weight is 336 g/mol. The molecule has 130 valence electrons. The highest BCUT2D eigenvalue weighted by Crippen LogP contribution is 2.28. The van der Waals surface area contributed by atoms with Gasteiger partial charge in [0.15, 0.2) is 0 Å². The largest absolute Gasteiger partial charge is 0.497 e. The predicted molar refractivity (Wildman–Crippen MR) is 100 cm³/mol. The second kappa shape index (κ2) is 7.19. The van der Waals surface area contributed by atoms with Crippen molar-refractivity contribution in [2.75, 3.05) is 20.3 Å². The molecule has 0 saturated heterocycles. The average Bonchev–Trinajstić information content (AvgIpc) is 3.00. The van der Waals surface area contributed by atoms with Crippen LogP contribution in [0.4, 0.5) is 0 Å². The van der Waals surface area contributed by atoms with Crippen molar-refractivity contribution in [3.05, 3.63) is 59.8 Å². The van der Waals surface area contributed by atoms with Gasteiger partial charge in [0, 0.05) is 29.7 Å². The molecule has 3 aromatic rings. The number of para-hydroxylation sites is 1. The van der Waals surface area contributed by atoms with Crippen LogP contribution in [0, 0.1) is 0 Å². The van der Waals surface area contributed by atoms with Gasteiger partial charge >= 0.3 is 0 Å². The number of nitrogens with zero attached hydrogens (tertiary/aromatic N) is 1. The molecule has 4 heteroatoms. The van der Waals surface area contributed by atoms with Gasteiger partial charge in [0.2, 0.25) is 0 Å². The molecule has 1 aromatic heterocycles. The van der Waals surface area contributed by atoms with E-state index >= 15 is 0 Å². The molecule has 0 saturated carbocycles. The summed E-state index contributed by atoms with van der Waals surface area (Å²) in [7, 11) is 1.67. The van der Waals surface area contributed by atoms with Crippen LogP contribution >= 0.6 is 0 Å². The molecule has 25 heavy (non-hydrogen) atoms. The number of nitrogens with one attached hydrogen (secondary N) is 1. The molecule has 0 atom stereocenters. The number of benzene rings is 2. The summed E-state index contributed by atoms with van der Waals surface area (Å²) in [5.41, 5.74) is 4.31. The normalized spacial score (nSPS) is 13.6. The molecule has 0 aliphatic carbocycles. The first-order valence-corrected chi connectivity index (χ1v) is 8.93. The number of aryl methyl sites for hydroxylation is 1. The quantitative estimate of drug-likeness (QED) is 0.696. The summed E-state index contributed by atoms with van der Waals surface area (Å²) >= 11 is 0. The van der Waals surface area contributed by atoms with Gasteiger partial charge in [-0.15, -0.1) is 0 Å². The fourth-order valence-corrected chi connectivity index (χ4v) is 3.67. The zero-order valence-corrected chi connectivity index (χ0v) is 14.6. The van der Waals surface area contributed by atoms with E-state index in [-0.39, 0.29) is 0 Å². The third kappa shape index (κ3) is 3.22. The lowest BCUT2D eigenvalue weighted by molar-refractivity contribution is 0.301. The van der Waals surface area contributed by atoms with Crippen LogP contribution in [0.3, 0.4) is 0 Å². The lowest BCUT2D eigenvalue weighted by atomic mass is 10.1. The van der Waals surface area contributed by atoms with Crippen LogP contribution in [-0.2, 0) is 19.5 Å². The molecular formula is C21H24N2O2. The van der Waals surface area contributed by atoms with E-state index in [0.29, 0.717) is 6.61 Å². The molecule has 4 nitrogen and oxygen atoms in total. The van der Waals surface area contributed by atoms with E-state index in [4.69, 9.17) is 9.47 Å². The van der Waals surface area contributed by atoms with Crippen LogP contribution in [0.1, 0.15) is 17.7 Å². The minimum Gasteiger partial charge on any atom is -0.497 e. The highest BCUT2D eigenvalue weighted by Gasteiger charge is 2.18. The van der Waals surface area contributed by atoms with Gasteiger partial charge in [0.25, 0.3) is 0 Å². The molecule has 0 spiro atoms. The van der Waals surface area contributed by atoms with Crippen molar-refractivity contribution in [3.8, 4) is 11.5 Å². The Kier molecular flexibility index (Phi) is 4.61. The van der Waals surface area contributed by atoms with Crippen molar-refractivity contribution in [1.82, 2.24) is 9.88 Å². The topological polar surface area (TPSA) is 35.4 Å². The number of hydrogen-bond donors (Lipinski definition) is 1. The molecule has 0 unspecified atom stereocenters. The highest BCUT2D eigenvalue weighted by molar-refractivity contribution is 5.85. The first kappa shape index (κ1) is 16.0. The van der Waals surface area contributed by atoms with Crippen LogP contribution in [-0.4, -0.2) is 24.8 Å². The Balaban J connectivity index is 1.44. The van der Waals surface area contributed by atoms with Crippen molar-refractivity contribution in [3.63, 3.8) is 0 Å². The van der Waals surface area contributed by atoms with Crippen LogP contribution in [0.15, 0.2) is 48.5 Å². The number of rotatable bonds is 6. The maximum atomic E-state index is 5.88. The van der Waals surface area contributed by atoms with Crippen LogP contribution in [0.5, 0.6) is 11.5 Å². The van der Waals surface area contributed by atoms with Crippen molar-refractivity contribution in [2.45, 2.75) is 25.9 Å². The highest BCUT2D eigenvalue weighted by atomic mass is 16.5. The summed E-state index contributed by atoms with van der Waals surface area (Å²) in [6, 6.07) is 16.5. The molecule has 4 rings (SSSR count). The van der Waals surface area contributed by atoms with E-state index in [9.17, 15) is 0 Å². The third-order valence-electron chi connectivity index (χ3n) is 4.89. The fraction of sp³-hybridized carbons (Fsp3) is 0.333. The van der Waals surface area contributed by atoms with Gasteiger partial charge in [-0.05, 0) is 55.3 Å². The second-order valence-corrected chi connectivity index (χ2v) is 6.40. The number of ether oxygens (including phenoxy) is 2. The number of fused-ring (bicyclic) bond motifs is 3. The predicted octanol–water partition coefficient (Wildman–Crippen LogP) is 3.76. The second-order valence-electron chi connectivity index (χ2n) is 6.40. The van der Waals surface area contributed by atoms with Crippen molar-refractivity contribution in [1.29, 1.82) is 0 Å². The Bertz CT molecular complexity index is 852. The van der Waals surface area contributed by atoms with E-state index < -0.39 is 0 Å². The standard InChI is InChI=1S/C21H24N2O2/c1-24-16-7-9-17(10-8-16)25-14-4-13-23-20-6-3-2-5-18(20)19-11-12-22-15-21(19)23/h2-3,5-10,22H,4,11-15H2,1H3. The Labute approximate surface area is 148 Å². The molecule has 0 bridgehead atoms. The van der Waals surface area contributed by atoms with Crippen LogP contribution < -0.4 is 14.8 Å². The van der Waals surface area contributed by atoms with E-state index in [1.165, 1.54) is 22.2 Å². The molecule has 1 N–H and O–H groups in total. The molecule has 1 aliphatic rings. The van der Waals surface area contributed by atoms with Gasteiger partial charge < -0.3 is 19.4 Å². The summed E-state index contributed by atoms with van der Waals surface area (Å²) in [4.78, 5) is 0. The first-order chi connectivity index (χ1) is 12.4. The monoisotopic (exact) mass is 336 g/mol. The lowest BCUT2D eigenvalue weighted by Crippen LogP contribution is -2.25. The van der Waals surface area contributed by atoms with Gasteiger partial charge in [0.05, 0.1) is 13.7 Å². The zero-order valence-electron chi connectivity index (χ0n) is 14.6. The van der Waals surface area contributed by atoms with Gasteiger partial charge in [-0.1, -0.05) is 18.2 Å². The Hall–Kier alpha value is -2.46. The zero-order chi connectivity index (χ0) is 17.1. The minimum atomic E-state index is 0.709. The van der Waals surface area contributed by atoms with Crippen LogP contribution in [0.25, 0.3) is 10.9 Å². The maximum Gasteiger partial charge on any atom is 0.119 e. The Morgan fingerprint density at radius 2 is 1.84 bits per heavy atom. The van der Waals surface area contributed by atoms with Crippen molar-refractivity contribution in [2.24, 2.45) is 0 Å². The van der Waals surface area contributed by atoms with Gasteiger partial charge in [-0.3, -0.25) is 0 Å². The summed E-state index contributed by atoms with van der Waals surface area (Å²) in [5.74, 6) is 1.74. The Morgan fingerprint density at radius 1 is 1.04 bits per heavy atom. The molecule has 2 aromatic carbocycles. The summed E-state index contributed by atoms with van der Waals surface area (Å²) in [5, 5.41) is 4.92. The first-order valence-electron chi connectivity index (χ1n) is 8.93. The SMILES string of the molecule is COc1ccc(OCCCn2c3c(c4ccccc42)CCNC3)cc1. The van der Waals surface area contributed by atoms with Gasteiger partial charge in [0.1, 0.15) is 11.5 Å². The smallest absolute Gasteiger partial charge is 0.119 e. The number of hydrogen-bond acceptors (Lipinski definition) is 3. The number of aromatic nitrogens is 1. The fourth-order valence-electron chi connectivity index (χ4n) is 3.67. The molecule has 0 amide bonds. The third-order valence-corrected chi connectivity index (χ3v) is 4.89. The lowest BCUT2D eigenvalue weighted by Gasteiger charge is -2.17. The number of methoxy groups -OCH3 is 1. The van der Waals surface area contributed by atoms with Crippen LogP contribution in [0.2, 0.25) is 0 Å². The molecule has 0 radical (unpaired) electrons. The molecular weight excluding hydrogens is 312 g/mol. The van der Waals surface area contributed by atoms with E-state index in [1.54, 1.807) is 7.11 Å². The molecule has 2 heterocycles. The van der Waals surface area contributed by atoms with E-state index in [0.717, 1.165) is 44.0 Å². The maximum absolute atomic E-state index is 5.88. The molecule has 1 aliphatic heterocycles. The van der Waals surface area contributed by atoms with Crippen molar-refractivity contribution >= 4 is 10.9 Å². The van der Waals surface area contributed by atoms with E-state index in [2.05, 4.69) is 34.1 Å². The summed E-state index contributed by atoms with van der Waals surface area (Å²) < 4.78 is 13.5. The molecule has 0 fully saturated rings. The van der Waals surface area contributed by atoms with Crippen molar-refractivity contribution < 1.29 is 9.47 Å². The Morgan fingerprint density at radius 3 is 2.68 bits per heavy atom. The minimum absolute atomic E-state index is 0.709. The van der Waals surface area contributed by atoms with E-state index in [1.807, 2.05) is 24.3 Å². The summed E-state index contributed by atoms with van der Waals surface area (Å²) in [6.07, 6.45) is 2.10. The summed E-state index contributed by atoms with van der Waals surface area (Å²) in [6.45, 7) is 3.72. The van der Waals surface area contributed by atoms with Gasteiger partial charge in [-0.25, -0.2) is 0 Å². The van der Waals surface area contributed by atoms with Gasteiger partial charge in [-0.2, -0.15) is 0 Å².